The van der Waals surface area contributed by atoms with E-state index in [2.05, 4.69) is 22.1 Å². The molecule has 2 aromatic rings. The van der Waals surface area contributed by atoms with Crippen LogP contribution in [0.3, 0.4) is 0 Å². The van der Waals surface area contributed by atoms with Gasteiger partial charge >= 0.3 is 0 Å². The second-order valence-electron chi connectivity index (χ2n) is 4.54. The Bertz CT molecular complexity index is 813. The first-order valence-electron chi connectivity index (χ1n) is 6.48. The highest BCUT2D eigenvalue weighted by Gasteiger charge is 2.03. The third-order valence-corrected chi connectivity index (χ3v) is 2.79. The Morgan fingerprint density at radius 1 is 1.23 bits per heavy atom. The molecule has 1 aromatic carbocycles. The van der Waals surface area contributed by atoms with Crippen LogP contribution in [0.1, 0.15) is 29.2 Å². The van der Waals surface area contributed by atoms with Gasteiger partial charge in [-0.3, -0.25) is 9.78 Å². The lowest BCUT2D eigenvalue weighted by molar-refractivity contribution is -0.119. The van der Waals surface area contributed by atoms with Gasteiger partial charge in [0.1, 0.15) is 11.9 Å². The van der Waals surface area contributed by atoms with Crippen molar-refractivity contribution < 1.29 is 9.18 Å². The molecule has 1 aromatic heterocycles. The maximum Gasteiger partial charge on any atom is 0.217 e. The standard InChI is InChI=1S/C17H12FN3O/c1-12(22)21-11-16-7-13(4-5-17(16)18)2-3-14-6-15(8-19)10-20-9-14/h4-7,9-10H,11H2,1H3,(H,21,22). The second-order valence-corrected chi connectivity index (χ2v) is 4.54. The van der Waals surface area contributed by atoms with Crippen molar-refractivity contribution in [3.63, 3.8) is 0 Å². The largest absolute Gasteiger partial charge is 0.352 e. The number of benzene rings is 1. The molecule has 0 bridgehead atoms. The van der Waals surface area contributed by atoms with E-state index < -0.39 is 5.82 Å². The minimum absolute atomic E-state index is 0.113. The van der Waals surface area contributed by atoms with Crippen molar-refractivity contribution in [2.45, 2.75) is 13.5 Å². The molecule has 22 heavy (non-hydrogen) atoms. The molecule has 0 fully saturated rings. The van der Waals surface area contributed by atoms with Crippen LogP contribution in [0.15, 0.2) is 36.7 Å². The highest BCUT2D eigenvalue weighted by atomic mass is 19.1. The highest BCUT2D eigenvalue weighted by Crippen LogP contribution is 2.10. The van der Waals surface area contributed by atoms with E-state index in [4.69, 9.17) is 5.26 Å². The van der Waals surface area contributed by atoms with E-state index in [-0.39, 0.29) is 12.5 Å². The van der Waals surface area contributed by atoms with Crippen molar-refractivity contribution >= 4 is 5.91 Å². The fraction of sp³-hybridized carbons (Fsp3) is 0.118. The minimum atomic E-state index is -0.396. The molecule has 0 aliphatic rings. The van der Waals surface area contributed by atoms with Gasteiger partial charge in [0.05, 0.1) is 5.56 Å². The molecule has 0 aliphatic heterocycles. The molecule has 1 heterocycles. The van der Waals surface area contributed by atoms with Crippen molar-refractivity contribution in [2.24, 2.45) is 0 Å². The summed E-state index contributed by atoms with van der Waals surface area (Å²) >= 11 is 0. The van der Waals surface area contributed by atoms with Gasteiger partial charge in [0.15, 0.2) is 0 Å². The molecular weight excluding hydrogens is 281 g/mol. The molecule has 5 heteroatoms. The highest BCUT2D eigenvalue weighted by molar-refractivity contribution is 5.72. The van der Waals surface area contributed by atoms with E-state index in [9.17, 15) is 9.18 Å². The Morgan fingerprint density at radius 3 is 2.68 bits per heavy atom. The van der Waals surface area contributed by atoms with Crippen LogP contribution in [0.2, 0.25) is 0 Å². The number of rotatable bonds is 2. The van der Waals surface area contributed by atoms with Crippen LogP contribution in [0.5, 0.6) is 0 Å². The first-order chi connectivity index (χ1) is 10.6. The summed E-state index contributed by atoms with van der Waals surface area (Å²) in [5.41, 5.74) is 2.01. The van der Waals surface area contributed by atoms with E-state index in [0.29, 0.717) is 22.3 Å². The summed E-state index contributed by atoms with van der Waals surface area (Å²) in [6.45, 7) is 1.49. The summed E-state index contributed by atoms with van der Waals surface area (Å²) in [6, 6.07) is 8.07. The molecule has 0 unspecified atom stereocenters. The Hall–Kier alpha value is -3.18. The third-order valence-electron chi connectivity index (χ3n) is 2.79. The van der Waals surface area contributed by atoms with Crippen LogP contribution in [0.4, 0.5) is 4.39 Å². The number of halogens is 1. The van der Waals surface area contributed by atoms with Crippen molar-refractivity contribution in [1.29, 1.82) is 5.26 Å². The number of carbonyl (C=O) groups excluding carboxylic acids is 1. The zero-order valence-corrected chi connectivity index (χ0v) is 11.9. The average molecular weight is 293 g/mol. The maximum absolute atomic E-state index is 13.6. The summed E-state index contributed by atoms with van der Waals surface area (Å²) < 4.78 is 13.6. The number of hydrogen-bond acceptors (Lipinski definition) is 3. The minimum Gasteiger partial charge on any atom is -0.352 e. The molecular formula is C17H12FN3O. The number of amides is 1. The first-order valence-corrected chi connectivity index (χ1v) is 6.48. The van der Waals surface area contributed by atoms with Crippen LogP contribution in [-0.2, 0) is 11.3 Å². The Kier molecular flexibility index (Phi) is 4.85. The van der Waals surface area contributed by atoms with E-state index in [0.717, 1.165) is 0 Å². The van der Waals surface area contributed by atoms with Crippen molar-refractivity contribution in [2.75, 3.05) is 0 Å². The number of nitriles is 1. The Morgan fingerprint density at radius 2 is 1.95 bits per heavy atom. The summed E-state index contributed by atoms with van der Waals surface area (Å²) in [6.07, 6.45) is 3.00. The quantitative estimate of drug-likeness (QED) is 0.863. The fourth-order valence-corrected chi connectivity index (χ4v) is 1.72. The normalized spacial score (nSPS) is 9.32. The second kappa shape index (κ2) is 7.01. The van der Waals surface area contributed by atoms with Crippen molar-refractivity contribution in [3.8, 4) is 17.9 Å². The molecule has 1 amide bonds. The number of carbonyl (C=O) groups is 1. The topological polar surface area (TPSA) is 65.8 Å². The SMILES string of the molecule is CC(=O)NCc1cc(C#Cc2cncc(C#N)c2)ccc1F. The van der Waals surface area contributed by atoms with Crippen LogP contribution in [-0.4, -0.2) is 10.9 Å². The first kappa shape index (κ1) is 15.2. The van der Waals surface area contributed by atoms with E-state index in [1.165, 1.54) is 19.2 Å². The van der Waals surface area contributed by atoms with Gasteiger partial charge in [-0.25, -0.2) is 4.39 Å². The summed E-state index contributed by atoms with van der Waals surface area (Å²) in [5, 5.41) is 11.3. The molecule has 0 aliphatic carbocycles. The molecule has 0 radical (unpaired) electrons. The summed E-state index contributed by atoms with van der Waals surface area (Å²) in [5.74, 6) is 5.14. The zero-order valence-electron chi connectivity index (χ0n) is 11.9. The van der Waals surface area contributed by atoms with Crippen LogP contribution in [0, 0.1) is 29.0 Å². The van der Waals surface area contributed by atoms with Gasteiger partial charge in [0, 0.05) is 42.6 Å². The molecule has 0 spiro atoms. The number of nitrogens with zero attached hydrogens (tertiary/aromatic N) is 2. The predicted octanol–water partition coefficient (Wildman–Crippen LogP) is 2.13. The molecule has 0 atom stereocenters. The van der Waals surface area contributed by atoms with Gasteiger partial charge in [-0.05, 0) is 24.3 Å². The van der Waals surface area contributed by atoms with Gasteiger partial charge in [-0.15, -0.1) is 0 Å². The molecule has 4 nitrogen and oxygen atoms in total. The van der Waals surface area contributed by atoms with E-state index in [1.807, 2.05) is 6.07 Å². The number of nitrogens with one attached hydrogen (secondary N) is 1. The van der Waals surface area contributed by atoms with Gasteiger partial charge in [-0.2, -0.15) is 5.26 Å². The number of hydrogen-bond donors (Lipinski definition) is 1. The summed E-state index contributed by atoms with van der Waals surface area (Å²) in [7, 11) is 0. The lowest BCUT2D eigenvalue weighted by Crippen LogP contribution is -2.19. The number of pyridine rings is 1. The van der Waals surface area contributed by atoms with E-state index in [1.54, 1.807) is 24.4 Å². The zero-order chi connectivity index (χ0) is 15.9. The Balaban J connectivity index is 2.23. The van der Waals surface area contributed by atoms with Crippen molar-refractivity contribution in [1.82, 2.24) is 10.3 Å². The average Bonchev–Trinajstić information content (AvgIpc) is 2.53. The lowest BCUT2D eigenvalue weighted by Gasteiger charge is -2.04. The molecule has 2 rings (SSSR count). The van der Waals surface area contributed by atoms with Gasteiger partial charge in [0.2, 0.25) is 5.91 Å². The fourth-order valence-electron chi connectivity index (χ4n) is 1.72. The smallest absolute Gasteiger partial charge is 0.217 e. The molecule has 0 saturated carbocycles. The monoisotopic (exact) mass is 293 g/mol. The molecule has 0 saturated heterocycles. The predicted molar refractivity (Wildman–Crippen MR) is 78.9 cm³/mol. The van der Waals surface area contributed by atoms with Gasteiger partial charge < -0.3 is 5.32 Å². The Labute approximate surface area is 127 Å². The lowest BCUT2D eigenvalue weighted by atomic mass is 10.1. The molecule has 108 valence electrons. The van der Waals surface area contributed by atoms with Gasteiger partial charge in [0.25, 0.3) is 0 Å². The summed E-state index contributed by atoms with van der Waals surface area (Å²) in [4.78, 5) is 14.8. The van der Waals surface area contributed by atoms with E-state index >= 15 is 0 Å². The van der Waals surface area contributed by atoms with Crippen LogP contribution < -0.4 is 5.32 Å². The number of aromatic nitrogens is 1. The third kappa shape index (κ3) is 4.16. The van der Waals surface area contributed by atoms with Crippen LogP contribution in [0.25, 0.3) is 0 Å². The van der Waals surface area contributed by atoms with Gasteiger partial charge in [-0.1, -0.05) is 11.8 Å². The van der Waals surface area contributed by atoms with Crippen LogP contribution >= 0.6 is 0 Å². The van der Waals surface area contributed by atoms with Crippen molar-refractivity contribution in [3.05, 3.63) is 64.7 Å². The molecule has 1 N–H and O–H groups in total. The maximum atomic E-state index is 13.6.